The highest BCUT2D eigenvalue weighted by atomic mass is 16.5. The fourth-order valence-electron chi connectivity index (χ4n) is 2.71. The molecule has 0 saturated heterocycles. The van der Waals surface area contributed by atoms with Crippen molar-refractivity contribution in [1.82, 2.24) is 9.38 Å². The van der Waals surface area contributed by atoms with E-state index in [1.54, 1.807) is 22.6 Å². The Labute approximate surface area is 146 Å². The minimum absolute atomic E-state index is 0.220. The summed E-state index contributed by atoms with van der Waals surface area (Å²) >= 11 is 0. The van der Waals surface area contributed by atoms with E-state index >= 15 is 0 Å². The standard InChI is InChI=1S/C19H21N3O3/c1-4-24-15-10-9-14(12-16(15)25-5-2)21-19(23)18-13(3)20-17-8-6-7-11-22(17)18/h6-12H,4-5H2,1-3H3,(H,21,23). The van der Waals surface area contributed by atoms with Crippen LogP contribution in [-0.2, 0) is 0 Å². The third kappa shape index (κ3) is 3.42. The molecule has 0 aliphatic carbocycles. The van der Waals surface area contributed by atoms with Gasteiger partial charge in [0.2, 0.25) is 0 Å². The Morgan fingerprint density at radius 2 is 1.88 bits per heavy atom. The number of aromatic nitrogens is 2. The SMILES string of the molecule is CCOc1ccc(NC(=O)c2c(C)nc3ccccn23)cc1OCC. The molecule has 130 valence electrons. The Morgan fingerprint density at radius 3 is 2.64 bits per heavy atom. The maximum absolute atomic E-state index is 12.7. The minimum atomic E-state index is -0.220. The number of nitrogens with zero attached hydrogens (tertiary/aromatic N) is 2. The first-order valence-corrected chi connectivity index (χ1v) is 8.28. The molecule has 2 aromatic heterocycles. The predicted molar refractivity (Wildman–Crippen MR) is 96.7 cm³/mol. The number of pyridine rings is 1. The summed E-state index contributed by atoms with van der Waals surface area (Å²) in [6.07, 6.45) is 1.83. The Balaban J connectivity index is 1.89. The number of anilines is 1. The molecule has 3 aromatic rings. The van der Waals surface area contributed by atoms with Gasteiger partial charge < -0.3 is 14.8 Å². The van der Waals surface area contributed by atoms with Crippen LogP contribution in [0.3, 0.4) is 0 Å². The van der Waals surface area contributed by atoms with Gasteiger partial charge in [0.05, 0.1) is 18.9 Å². The van der Waals surface area contributed by atoms with Gasteiger partial charge in [0.25, 0.3) is 5.91 Å². The van der Waals surface area contributed by atoms with E-state index in [2.05, 4.69) is 10.3 Å². The lowest BCUT2D eigenvalue weighted by atomic mass is 10.2. The van der Waals surface area contributed by atoms with Crippen molar-refractivity contribution in [2.24, 2.45) is 0 Å². The topological polar surface area (TPSA) is 64.9 Å². The van der Waals surface area contributed by atoms with Gasteiger partial charge in [0.15, 0.2) is 11.5 Å². The molecule has 0 aliphatic rings. The summed E-state index contributed by atoms with van der Waals surface area (Å²) in [4.78, 5) is 17.2. The summed E-state index contributed by atoms with van der Waals surface area (Å²) in [6, 6.07) is 11.0. The van der Waals surface area contributed by atoms with Crippen LogP contribution in [0.2, 0.25) is 0 Å². The number of aryl methyl sites for hydroxylation is 1. The van der Waals surface area contributed by atoms with Crippen LogP contribution in [0, 0.1) is 6.92 Å². The molecule has 6 nitrogen and oxygen atoms in total. The van der Waals surface area contributed by atoms with E-state index in [4.69, 9.17) is 9.47 Å². The number of carbonyl (C=O) groups is 1. The molecule has 0 radical (unpaired) electrons. The Kier molecular flexibility index (Phi) is 4.88. The Hall–Kier alpha value is -3.02. The van der Waals surface area contributed by atoms with E-state index in [9.17, 15) is 4.79 Å². The lowest BCUT2D eigenvalue weighted by Gasteiger charge is -2.13. The third-order valence-corrected chi connectivity index (χ3v) is 3.72. The highest BCUT2D eigenvalue weighted by Gasteiger charge is 2.17. The molecule has 3 rings (SSSR count). The lowest BCUT2D eigenvalue weighted by molar-refractivity contribution is 0.102. The van der Waals surface area contributed by atoms with Gasteiger partial charge in [0.1, 0.15) is 11.3 Å². The van der Waals surface area contributed by atoms with Crippen molar-refractivity contribution in [2.45, 2.75) is 20.8 Å². The molecule has 0 fully saturated rings. The quantitative estimate of drug-likeness (QED) is 0.744. The number of hydrogen-bond acceptors (Lipinski definition) is 4. The van der Waals surface area contributed by atoms with E-state index in [1.165, 1.54) is 0 Å². The highest BCUT2D eigenvalue weighted by molar-refractivity contribution is 6.04. The molecule has 0 aliphatic heterocycles. The second-order valence-electron chi connectivity index (χ2n) is 5.46. The van der Waals surface area contributed by atoms with Crippen molar-refractivity contribution in [2.75, 3.05) is 18.5 Å². The van der Waals surface area contributed by atoms with Crippen LogP contribution in [0.25, 0.3) is 5.65 Å². The zero-order valence-electron chi connectivity index (χ0n) is 14.6. The van der Waals surface area contributed by atoms with Gasteiger partial charge in [-0.05, 0) is 45.0 Å². The zero-order chi connectivity index (χ0) is 17.8. The zero-order valence-corrected chi connectivity index (χ0v) is 14.6. The molecule has 0 atom stereocenters. The average molecular weight is 339 g/mol. The molecule has 0 saturated carbocycles. The van der Waals surface area contributed by atoms with E-state index < -0.39 is 0 Å². The Morgan fingerprint density at radius 1 is 1.12 bits per heavy atom. The van der Waals surface area contributed by atoms with E-state index in [0.29, 0.717) is 41.8 Å². The molecule has 0 unspecified atom stereocenters. The predicted octanol–water partition coefficient (Wildman–Crippen LogP) is 3.69. The van der Waals surface area contributed by atoms with Crippen molar-refractivity contribution in [3.05, 3.63) is 54.0 Å². The molecule has 1 amide bonds. The number of imidazole rings is 1. The molecular weight excluding hydrogens is 318 g/mol. The van der Waals surface area contributed by atoms with Crippen LogP contribution in [0.5, 0.6) is 11.5 Å². The summed E-state index contributed by atoms with van der Waals surface area (Å²) in [6.45, 7) is 6.71. The fourth-order valence-corrected chi connectivity index (χ4v) is 2.71. The van der Waals surface area contributed by atoms with Gasteiger partial charge in [-0.1, -0.05) is 6.07 Å². The minimum Gasteiger partial charge on any atom is -0.490 e. The van der Waals surface area contributed by atoms with Crippen molar-refractivity contribution < 1.29 is 14.3 Å². The number of fused-ring (bicyclic) bond motifs is 1. The van der Waals surface area contributed by atoms with Crippen molar-refractivity contribution in [3.63, 3.8) is 0 Å². The molecular formula is C19H21N3O3. The smallest absolute Gasteiger partial charge is 0.274 e. The van der Waals surface area contributed by atoms with Crippen molar-refractivity contribution >= 4 is 17.2 Å². The molecule has 0 spiro atoms. The first-order chi connectivity index (χ1) is 12.1. The number of benzene rings is 1. The van der Waals surface area contributed by atoms with Crippen LogP contribution in [0.4, 0.5) is 5.69 Å². The average Bonchev–Trinajstić information content (AvgIpc) is 2.93. The van der Waals surface area contributed by atoms with Crippen molar-refractivity contribution in [1.29, 1.82) is 0 Å². The van der Waals surface area contributed by atoms with Gasteiger partial charge in [-0.3, -0.25) is 9.20 Å². The Bertz CT molecular complexity index is 902. The van der Waals surface area contributed by atoms with E-state index in [-0.39, 0.29) is 5.91 Å². The summed E-state index contributed by atoms with van der Waals surface area (Å²) in [5, 5.41) is 2.91. The van der Waals surface area contributed by atoms with Crippen molar-refractivity contribution in [3.8, 4) is 11.5 Å². The number of rotatable bonds is 6. The molecule has 6 heteroatoms. The largest absolute Gasteiger partial charge is 0.490 e. The molecule has 2 heterocycles. The number of amides is 1. The maximum atomic E-state index is 12.7. The summed E-state index contributed by atoms with van der Waals surface area (Å²) < 4.78 is 12.9. The second kappa shape index (κ2) is 7.25. The van der Waals surface area contributed by atoms with Gasteiger partial charge in [-0.15, -0.1) is 0 Å². The molecule has 1 N–H and O–H groups in total. The summed E-state index contributed by atoms with van der Waals surface area (Å²) in [7, 11) is 0. The molecule has 1 aromatic carbocycles. The van der Waals surface area contributed by atoms with Gasteiger partial charge in [-0.25, -0.2) is 4.98 Å². The summed E-state index contributed by atoms with van der Waals surface area (Å²) in [5.41, 5.74) is 2.58. The molecule has 0 bridgehead atoms. The van der Waals surface area contributed by atoms with Crippen LogP contribution in [0.1, 0.15) is 30.0 Å². The van der Waals surface area contributed by atoms with E-state index in [1.807, 2.05) is 45.2 Å². The fraction of sp³-hybridized carbons (Fsp3) is 0.263. The normalized spacial score (nSPS) is 10.7. The van der Waals surface area contributed by atoms with Gasteiger partial charge >= 0.3 is 0 Å². The summed E-state index contributed by atoms with van der Waals surface area (Å²) in [5.74, 6) is 1.05. The van der Waals surface area contributed by atoms with Crippen LogP contribution in [0.15, 0.2) is 42.6 Å². The number of nitrogens with one attached hydrogen (secondary N) is 1. The first-order valence-electron chi connectivity index (χ1n) is 8.28. The highest BCUT2D eigenvalue weighted by Crippen LogP contribution is 2.31. The van der Waals surface area contributed by atoms with Gasteiger partial charge in [-0.2, -0.15) is 0 Å². The van der Waals surface area contributed by atoms with Crippen LogP contribution in [-0.4, -0.2) is 28.5 Å². The van der Waals surface area contributed by atoms with Crippen LogP contribution >= 0.6 is 0 Å². The van der Waals surface area contributed by atoms with E-state index in [0.717, 1.165) is 5.65 Å². The van der Waals surface area contributed by atoms with Crippen LogP contribution < -0.4 is 14.8 Å². The number of carbonyl (C=O) groups excluding carboxylic acids is 1. The monoisotopic (exact) mass is 339 g/mol. The second-order valence-corrected chi connectivity index (χ2v) is 5.46. The number of hydrogen-bond donors (Lipinski definition) is 1. The molecule has 25 heavy (non-hydrogen) atoms. The third-order valence-electron chi connectivity index (χ3n) is 3.72. The lowest BCUT2D eigenvalue weighted by Crippen LogP contribution is -2.15. The van der Waals surface area contributed by atoms with Gasteiger partial charge in [0, 0.05) is 18.0 Å². The first kappa shape index (κ1) is 16.8. The maximum Gasteiger partial charge on any atom is 0.274 e. The number of ether oxygens (including phenoxy) is 2.